The molecule has 268 valence electrons. The molecule has 11 nitrogen and oxygen atoms in total. The summed E-state index contributed by atoms with van der Waals surface area (Å²) in [5, 5.41) is 18.6. The number of hydrogen-bond acceptors (Lipinski definition) is 10. The number of fused-ring (bicyclic) bond motifs is 3. The minimum absolute atomic E-state index is 0.00325. The molecule has 14 heteroatoms. The van der Waals surface area contributed by atoms with Crippen LogP contribution in [0.1, 0.15) is 37.7 Å². The number of halogens is 3. The number of hydrogen-bond donors (Lipinski definition) is 2. The van der Waals surface area contributed by atoms with E-state index in [4.69, 9.17) is 30.8 Å². The summed E-state index contributed by atoms with van der Waals surface area (Å²) in [4.78, 5) is 29.0. The molecule has 0 spiro atoms. The van der Waals surface area contributed by atoms with Crippen LogP contribution >= 0.6 is 0 Å². The number of carbonyl (C=O) groups is 1. The molecule has 4 aliphatic heterocycles. The highest BCUT2D eigenvalue weighted by Crippen LogP contribution is 2.42. The molecule has 2 aromatic heterocycles. The first-order chi connectivity index (χ1) is 24.7. The number of phenolic OH excluding ortho intramolecular Hbond substituents is 1. The number of phenols is 1. The number of pyridine rings is 1. The van der Waals surface area contributed by atoms with E-state index in [1.54, 1.807) is 0 Å². The van der Waals surface area contributed by atoms with E-state index in [9.17, 15) is 13.9 Å². The van der Waals surface area contributed by atoms with Crippen molar-refractivity contribution in [1.29, 1.82) is 0 Å². The van der Waals surface area contributed by atoms with Gasteiger partial charge in [-0.3, -0.25) is 19.6 Å². The van der Waals surface area contributed by atoms with E-state index in [2.05, 4.69) is 30.6 Å². The highest BCUT2D eigenvalue weighted by atomic mass is 19.1. The van der Waals surface area contributed by atoms with Crippen LogP contribution < -0.4 is 9.64 Å². The number of ether oxygens (including phenoxy) is 2. The van der Waals surface area contributed by atoms with Crippen LogP contribution in [0.2, 0.25) is 0 Å². The Kier molecular flexibility index (Phi) is 9.87. The first-order valence-electron chi connectivity index (χ1n) is 17.2. The molecule has 4 aliphatic rings. The van der Waals surface area contributed by atoms with Crippen LogP contribution in [0.25, 0.3) is 32.9 Å². The number of morpholine rings is 1. The zero-order valence-corrected chi connectivity index (χ0v) is 28.0. The Balaban J connectivity index is 0.00000131. The van der Waals surface area contributed by atoms with Gasteiger partial charge in [0.2, 0.25) is 0 Å². The average Bonchev–Trinajstić information content (AvgIpc) is 3.67. The highest BCUT2D eigenvalue weighted by Gasteiger charge is 2.49. The number of aromatic nitrogens is 3. The second kappa shape index (κ2) is 14.5. The number of piperidine rings is 1. The largest absolute Gasteiger partial charge is 0.508 e. The molecule has 2 atom stereocenters. The van der Waals surface area contributed by atoms with Gasteiger partial charge in [-0.05, 0) is 55.8 Å². The Bertz CT molecular complexity index is 1980. The molecule has 2 aromatic carbocycles. The lowest BCUT2D eigenvalue weighted by Crippen LogP contribution is -2.49. The van der Waals surface area contributed by atoms with Crippen LogP contribution in [-0.4, -0.2) is 118 Å². The van der Waals surface area contributed by atoms with Gasteiger partial charge in [-0.25, -0.2) is 13.2 Å². The van der Waals surface area contributed by atoms with Crippen molar-refractivity contribution >= 4 is 34.0 Å². The van der Waals surface area contributed by atoms with Crippen LogP contribution in [0.4, 0.5) is 19.0 Å². The molecule has 4 fully saturated rings. The Hall–Kier alpha value is -4.71. The van der Waals surface area contributed by atoms with Gasteiger partial charge in [-0.1, -0.05) is 12.0 Å². The first kappa shape index (κ1) is 34.7. The van der Waals surface area contributed by atoms with Gasteiger partial charge in [0.25, 0.3) is 6.47 Å². The summed E-state index contributed by atoms with van der Waals surface area (Å²) in [6, 6.07) is 5.90. The number of alkyl halides is 1. The monoisotopic (exact) mass is 704 g/mol. The third-order valence-electron chi connectivity index (χ3n) is 10.7. The van der Waals surface area contributed by atoms with Crippen LogP contribution in [-0.2, 0) is 9.53 Å². The molecule has 4 aromatic rings. The second-order valence-corrected chi connectivity index (χ2v) is 13.5. The molecule has 4 saturated heterocycles. The summed E-state index contributed by atoms with van der Waals surface area (Å²) in [6.07, 6.45) is 10.2. The van der Waals surface area contributed by atoms with E-state index in [1.807, 2.05) is 0 Å². The maximum Gasteiger partial charge on any atom is 0.319 e. The fourth-order valence-electron chi connectivity index (χ4n) is 8.30. The number of aromatic hydroxyl groups is 1. The van der Waals surface area contributed by atoms with E-state index < -0.39 is 23.3 Å². The molecule has 51 heavy (non-hydrogen) atoms. The predicted octanol–water partition coefficient (Wildman–Crippen LogP) is 4.77. The van der Waals surface area contributed by atoms with Crippen LogP contribution in [0.5, 0.6) is 11.8 Å². The van der Waals surface area contributed by atoms with E-state index in [0.717, 1.165) is 58.5 Å². The Morgan fingerprint density at radius 1 is 1.12 bits per heavy atom. The van der Waals surface area contributed by atoms with Crippen molar-refractivity contribution in [3.05, 3.63) is 47.7 Å². The zero-order chi connectivity index (χ0) is 35.7. The van der Waals surface area contributed by atoms with Crippen molar-refractivity contribution in [1.82, 2.24) is 24.8 Å². The number of benzene rings is 2. The van der Waals surface area contributed by atoms with Gasteiger partial charge in [0.1, 0.15) is 41.4 Å². The van der Waals surface area contributed by atoms with Crippen molar-refractivity contribution in [2.45, 2.75) is 49.9 Å². The number of anilines is 1. The second-order valence-electron chi connectivity index (χ2n) is 13.5. The Labute approximate surface area is 293 Å². The number of carboxylic acid groups (broad SMARTS) is 1. The molecule has 0 amide bonds. The van der Waals surface area contributed by atoms with Gasteiger partial charge in [0.15, 0.2) is 5.82 Å². The van der Waals surface area contributed by atoms with Crippen molar-refractivity contribution in [3.63, 3.8) is 0 Å². The summed E-state index contributed by atoms with van der Waals surface area (Å²) in [7, 11) is 0. The molecule has 0 unspecified atom stereocenters. The van der Waals surface area contributed by atoms with Gasteiger partial charge in [0, 0.05) is 62.3 Å². The molecule has 2 N–H and O–H groups in total. The third-order valence-corrected chi connectivity index (χ3v) is 10.7. The summed E-state index contributed by atoms with van der Waals surface area (Å²) in [6.45, 7) is 5.81. The molecule has 0 radical (unpaired) electrons. The van der Waals surface area contributed by atoms with Crippen molar-refractivity contribution in [2.75, 3.05) is 64.0 Å². The predicted molar refractivity (Wildman–Crippen MR) is 185 cm³/mol. The molecule has 6 heterocycles. The molecule has 8 rings (SSSR count). The summed E-state index contributed by atoms with van der Waals surface area (Å²) < 4.78 is 58.0. The van der Waals surface area contributed by atoms with E-state index in [1.165, 1.54) is 30.5 Å². The number of nitrogens with zero attached hydrogens (tertiary/aromatic N) is 6. The minimum atomic E-state index is -0.921. The average molecular weight is 705 g/mol. The molecule has 0 aliphatic carbocycles. The summed E-state index contributed by atoms with van der Waals surface area (Å²) >= 11 is 0. The SMILES string of the molecule is C#Cc1c(F)ccc2cc(O)cc(-c3ncc4c(N5CCC(N6CCOCC6)CC5)nc(OC[C@@]56CCCN5C[C@H](F)C6)nc4c3F)c12.O=CO. The summed E-state index contributed by atoms with van der Waals surface area (Å²) in [5.41, 5.74) is -0.495. The number of rotatable bonds is 6. The highest BCUT2D eigenvalue weighted by molar-refractivity contribution is 6.03. The van der Waals surface area contributed by atoms with Gasteiger partial charge in [0.05, 0.1) is 29.7 Å². The standard InChI is InChI=1S/C36H37F3N6O3.CH2O2/c1-2-26-29(38)5-4-22-16-25(46)17-27(30(22)26)32-31(39)33-28(19-40-32)34(44-10-6-24(7-11-44)43-12-14-47-15-13-43)42-35(41-33)48-21-36-8-3-9-45(36)20-23(37)18-36;2-1-3/h1,4-5,16-17,19,23-24,46H,3,6-15,18,20-21H2;1H,(H,2,3)/t23-,36+;/m1./s1. The van der Waals surface area contributed by atoms with Gasteiger partial charge < -0.3 is 24.6 Å². The molecular weight excluding hydrogens is 665 g/mol. The Morgan fingerprint density at radius 2 is 1.88 bits per heavy atom. The van der Waals surface area contributed by atoms with Crippen LogP contribution in [0.15, 0.2) is 30.5 Å². The lowest BCUT2D eigenvalue weighted by atomic mass is 9.95. The van der Waals surface area contributed by atoms with E-state index >= 15 is 4.39 Å². The number of terminal acetylenes is 1. The third kappa shape index (κ3) is 6.61. The maximum atomic E-state index is 16.9. The quantitative estimate of drug-likeness (QED) is 0.213. The fourth-order valence-corrected chi connectivity index (χ4v) is 8.30. The lowest BCUT2D eigenvalue weighted by Gasteiger charge is -2.40. The van der Waals surface area contributed by atoms with Gasteiger partial charge in [-0.15, -0.1) is 6.42 Å². The van der Waals surface area contributed by atoms with E-state index in [0.29, 0.717) is 48.7 Å². The van der Waals surface area contributed by atoms with Crippen molar-refractivity contribution in [2.24, 2.45) is 0 Å². The first-order valence-corrected chi connectivity index (χ1v) is 17.2. The van der Waals surface area contributed by atoms with Crippen molar-refractivity contribution < 1.29 is 37.7 Å². The molecule has 0 bridgehead atoms. The lowest BCUT2D eigenvalue weighted by molar-refractivity contribution is -0.122. The Morgan fingerprint density at radius 3 is 2.63 bits per heavy atom. The maximum absolute atomic E-state index is 16.9. The van der Waals surface area contributed by atoms with Gasteiger partial charge in [-0.2, -0.15) is 9.97 Å². The fraction of sp³-hybridized carbons (Fsp3) is 0.459. The van der Waals surface area contributed by atoms with Crippen LogP contribution in [0.3, 0.4) is 0 Å². The minimum Gasteiger partial charge on any atom is -0.508 e. The molecule has 0 saturated carbocycles. The van der Waals surface area contributed by atoms with E-state index in [-0.39, 0.29) is 52.6 Å². The topological polar surface area (TPSA) is 124 Å². The van der Waals surface area contributed by atoms with Crippen LogP contribution in [0, 0.1) is 24.0 Å². The van der Waals surface area contributed by atoms with Crippen molar-refractivity contribution in [3.8, 4) is 35.4 Å². The molecular formula is C37H39F3N6O5. The summed E-state index contributed by atoms with van der Waals surface area (Å²) in [5.74, 6) is 1.34. The zero-order valence-electron chi connectivity index (χ0n) is 28.0. The normalized spacial score (nSPS) is 22.8. The van der Waals surface area contributed by atoms with Gasteiger partial charge >= 0.3 is 6.01 Å². The smallest absolute Gasteiger partial charge is 0.319 e.